The van der Waals surface area contributed by atoms with Crippen molar-refractivity contribution in [3.63, 3.8) is 0 Å². The van der Waals surface area contributed by atoms with Crippen molar-refractivity contribution in [1.82, 2.24) is 5.32 Å². The molecule has 1 heterocycles. The molecule has 1 unspecified atom stereocenters. The molecule has 0 radical (unpaired) electrons. The molecule has 2 rings (SSSR count). The van der Waals surface area contributed by atoms with Gasteiger partial charge in [-0.05, 0) is 12.8 Å². The lowest BCUT2D eigenvalue weighted by Crippen LogP contribution is -2.52. The molecule has 1 aromatic rings. The lowest BCUT2D eigenvalue weighted by Gasteiger charge is -2.33. The fraction of sp³-hybridized carbons (Fsp3) is 0.500. The predicted octanol–water partition coefficient (Wildman–Crippen LogP) is 2.60. The average molecular weight is 286 g/mol. The van der Waals surface area contributed by atoms with Gasteiger partial charge in [0.2, 0.25) is 5.91 Å². The second-order valence-corrected chi connectivity index (χ2v) is 5.22. The van der Waals surface area contributed by atoms with Crippen molar-refractivity contribution in [3.05, 3.63) is 29.6 Å². The van der Waals surface area contributed by atoms with Crippen molar-refractivity contribution in [3.8, 4) is 0 Å². The van der Waals surface area contributed by atoms with Gasteiger partial charge >= 0.3 is 0 Å². The number of hydrogen-bond acceptors (Lipinski definition) is 2. The Labute approximate surface area is 115 Å². The first-order valence-electron chi connectivity index (χ1n) is 6.62. The molecule has 0 aliphatic carbocycles. The first-order chi connectivity index (χ1) is 9.40. The zero-order valence-electron chi connectivity index (χ0n) is 11.4. The summed E-state index contributed by atoms with van der Waals surface area (Å²) in [6.07, 6.45) is 1.33. The van der Waals surface area contributed by atoms with Gasteiger partial charge in [0.05, 0.1) is 11.7 Å². The molecule has 0 saturated carbocycles. The Balaban J connectivity index is 2.28. The van der Waals surface area contributed by atoms with Gasteiger partial charge in [0.1, 0.15) is 5.82 Å². The number of nitrogens with one attached hydrogen (secondary N) is 1. The third-order valence-corrected chi connectivity index (χ3v) is 3.25. The minimum atomic E-state index is -1.26. The van der Waals surface area contributed by atoms with E-state index in [1.807, 2.05) is 13.8 Å². The van der Waals surface area contributed by atoms with Crippen molar-refractivity contribution in [2.24, 2.45) is 0 Å². The second-order valence-electron chi connectivity index (χ2n) is 5.22. The van der Waals surface area contributed by atoms with Crippen LogP contribution in [0.2, 0.25) is 0 Å². The molecule has 20 heavy (non-hydrogen) atoms. The van der Waals surface area contributed by atoms with Crippen LogP contribution in [-0.2, 0) is 4.79 Å². The molecule has 1 N–H and O–H groups in total. The van der Waals surface area contributed by atoms with Crippen LogP contribution in [0, 0.1) is 17.5 Å². The number of halogens is 3. The van der Waals surface area contributed by atoms with Crippen LogP contribution in [0.25, 0.3) is 0 Å². The van der Waals surface area contributed by atoms with Gasteiger partial charge in [0.15, 0.2) is 11.6 Å². The number of hydrogen-bond donors (Lipinski definition) is 1. The van der Waals surface area contributed by atoms with Crippen LogP contribution >= 0.6 is 0 Å². The summed E-state index contributed by atoms with van der Waals surface area (Å²) in [6, 6.07) is 0.896. The molecular formula is C14H17F3N2O. The van der Waals surface area contributed by atoms with Crippen LogP contribution in [0.5, 0.6) is 0 Å². The van der Waals surface area contributed by atoms with Gasteiger partial charge < -0.3 is 10.2 Å². The summed E-state index contributed by atoms with van der Waals surface area (Å²) in [5.41, 5.74) is -0.204. The smallest absolute Gasteiger partial charge is 0.244 e. The molecular weight excluding hydrogens is 269 g/mol. The zero-order chi connectivity index (χ0) is 14.9. The fourth-order valence-corrected chi connectivity index (χ4v) is 2.39. The van der Waals surface area contributed by atoms with Gasteiger partial charge in [-0.3, -0.25) is 4.79 Å². The zero-order valence-corrected chi connectivity index (χ0v) is 11.4. The summed E-state index contributed by atoms with van der Waals surface area (Å²) < 4.78 is 40.0. The lowest BCUT2D eigenvalue weighted by molar-refractivity contribution is -0.122. The Morgan fingerprint density at radius 2 is 1.85 bits per heavy atom. The highest BCUT2D eigenvalue weighted by Gasteiger charge is 2.31. The monoisotopic (exact) mass is 286 g/mol. The van der Waals surface area contributed by atoms with Crippen LogP contribution in [0.1, 0.15) is 26.7 Å². The van der Waals surface area contributed by atoms with Crippen LogP contribution in [-0.4, -0.2) is 24.5 Å². The molecule has 1 aromatic carbocycles. The molecule has 1 aliphatic rings. The van der Waals surface area contributed by atoms with E-state index in [1.54, 1.807) is 0 Å². The van der Waals surface area contributed by atoms with Crippen LogP contribution in [0.3, 0.4) is 0 Å². The predicted molar refractivity (Wildman–Crippen MR) is 70.0 cm³/mol. The Morgan fingerprint density at radius 1 is 1.20 bits per heavy atom. The molecule has 3 nitrogen and oxygen atoms in total. The molecule has 1 saturated heterocycles. The van der Waals surface area contributed by atoms with E-state index >= 15 is 0 Å². The highest BCUT2D eigenvalue weighted by atomic mass is 19.2. The number of rotatable bonds is 3. The third kappa shape index (κ3) is 2.95. The van der Waals surface area contributed by atoms with Crippen LogP contribution < -0.4 is 10.2 Å². The van der Waals surface area contributed by atoms with E-state index in [2.05, 4.69) is 5.32 Å². The third-order valence-electron chi connectivity index (χ3n) is 3.25. The first-order valence-corrected chi connectivity index (χ1v) is 6.62. The van der Waals surface area contributed by atoms with Crippen molar-refractivity contribution in [2.45, 2.75) is 38.8 Å². The Hall–Kier alpha value is -1.56. The molecule has 1 aliphatic heterocycles. The Kier molecular flexibility index (Phi) is 4.32. The SMILES string of the molecule is CC(C)NC1CCCN(c2cc(F)c(F)cc2F)C1=O. The summed E-state index contributed by atoms with van der Waals surface area (Å²) in [7, 11) is 0. The number of nitrogens with zero attached hydrogens (tertiary/aromatic N) is 1. The minimum absolute atomic E-state index is 0.110. The van der Waals surface area contributed by atoms with Gasteiger partial charge in [-0.25, -0.2) is 13.2 Å². The highest BCUT2D eigenvalue weighted by Crippen LogP contribution is 2.26. The molecule has 110 valence electrons. The van der Waals surface area contributed by atoms with Gasteiger partial charge in [-0.1, -0.05) is 13.8 Å². The van der Waals surface area contributed by atoms with Crippen LogP contribution in [0.15, 0.2) is 12.1 Å². The number of carbonyl (C=O) groups is 1. The summed E-state index contributed by atoms with van der Waals surface area (Å²) in [5.74, 6) is -3.65. The molecule has 1 fully saturated rings. The molecule has 1 amide bonds. The van der Waals surface area contributed by atoms with Gasteiger partial charge in [0, 0.05) is 24.7 Å². The average Bonchev–Trinajstić information content (AvgIpc) is 2.36. The number of carbonyl (C=O) groups excluding carboxylic acids is 1. The number of piperidine rings is 1. The highest BCUT2D eigenvalue weighted by molar-refractivity contribution is 5.98. The minimum Gasteiger partial charge on any atom is -0.308 e. The van der Waals surface area contributed by atoms with Gasteiger partial charge in [-0.2, -0.15) is 0 Å². The van der Waals surface area contributed by atoms with E-state index in [0.717, 1.165) is 6.07 Å². The van der Waals surface area contributed by atoms with E-state index in [9.17, 15) is 18.0 Å². The maximum Gasteiger partial charge on any atom is 0.244 e. The number of benzene rings is 1. The summed E-state index contributed by atoms with van der Waals surface area (Å²) in [5, 5.41) is 3.10. The maximum absolute atomic E-state index is 13.8. The van der Waals surface area contributed by atoms with Crippen LogP contribution in [0.4, 0.5) is 18.9 Å². The summed E-state index contributed by atoms with van der Waals surface area (Å²) in [6.45, 7) is 4.12. The maximum atomic E-state index is 13.8. The topological polar surface area (TPSA) is 32.3 Å². The summed E-state index contributed by atoms with van der Waals surface area (Å²) in [4.78, 5) is 13.5. The molecule has 0 aromatic heterocycles. The Bertz CT molecular complexity index is 519. The van der Waals surface area contributed by atoms with E-state index in [4.69, 9.17) is 0 Å². The quantitative estimate of drug-likeness (QED) is 0.866. The molecule has 0 spiro atoms. The van der Waals surface area contributed by atoms with Gasteiger partial charge in [-0.15, -0.1) is 0 Å². The summed E-state index contributed by atoms with van der Waals surface area (Å²) >= 11 is 0. The Morgan fingerprint density at radius 3 is 2.50 bits per heavy atom. The molecule has 0 bridgehead atoms. The van der Waals surface area contributed by atoms with Crippen molar-refractivity contribution >= 4 is 11.6 Å². The standard InChI is InChI=1S/C14H17F3N2O/c1-8(2)18-12-4-3-5-19(14(12)20)13-7-10(16)9(15)6-11(13)17/h6-8,12,18H,3-5H2,1-2H3. The lowest BCUT2D eigenvalue weighted by atomic mass is 10.0. The van der Waals surface area contributed by atoms with Crippen molar-refractivity contribution in [1.29, 1.82) is 0 Å². The number of amides is 1. The normalized spacial score (nSPS) is 19.8. The van der Waals surface area contributed by atoms with Gasteiger partial charge in [0.25, 0.3) is 0 Å². The van der Waals surface area contributed by atoms with E-state index in [0.29, 0.717) is 25.5 Å². The van der Waals surface area contributed by atoms with E-state index < -0.39 is 23.5 Å². The second kappa shape index (κ2) is 5.83. The van der Waals surface area contributed by atoms with Crippen molar-refractivity contribution < 1.29 is 18.0 Å². The van der Waals surface area contributed by atoms with Crippen molar-refractivity contribution in [2.75, 3.05) is 11.4 Å². The first kappa shape index (κ1) is 14.8. The number of anilines is 1. The van der Waals surface area contributed by atoms with E-state index in [1.165, 1.54) is 4.90 Å². The van der Waals surface area contributed by atoms with E-state index in [-0.39, 0.29) is 17.6 Å². The fourth-order valence-electron chi connectivity index (χ4n) is 2.39. The largest absolute Gasteiger partial charge is 0.308 e. The molecule has 6 heteroatoms. The molecule has 1 atom stereocenters.